The summed E-state index contributed by atoms with van der Waals surface area (Å²) in [5.41, 5.74) is -0.267. The van der Waals surface area contributed by atoms with E-state index in [4.69, 9.17) is 5.11 Å². The van der Waals surface area contributed by atoms with Crippen molar-refractivity contribution in [1.82, 2.24) is 9.55 Å². The number of aromatic nitrogens is 2. The van der Waals surface area contributed by atoms with Gasteiger partial charge < -0.3 is 9.67 Å². The lowest BCUT2D eigenvalue weighted by atomic mass is 10.5. The number of hydrogen-bond acceptors (Lipinski definition) is 4. The molecule has 0 aliphatic rings. The van der Waals surface area contributed by atoms with Gasteiger partial charge in [-0.25, -0.2) is 18.2 Å². The number of carboxylic acids is 1. The predicted molar refractivity (Wildman–Crippen MR) is 52.5 cm³/mol. The zero-order valence-electron chi connectivity index (χ0n) is 8.63. The van der Waals surface area contributed by atoms with Crippen LogP contribution >= 0.6 is 0 Å². The smallest absolute Gasteiger partial charge is 0.356 e. The van der Waals surface area contributed by atoms with Crippen LogP contribution in [0.5, 0.6) is 0 Å². The van der Waals surface area contributed by atoms with Crippen molar-refractivity contribution in [3.8, 4) is 0 Å². The van der Waals surface area contributed by atoms with Crippen molar-refractivity contribution in [2.45, 2.75) is 24.3 Å². The largest absolute Gasteiger partial charge is 0.476 e. The Bertz CT molecular complexity index is 487. The van der Waals surface area contributed by atoms with E-state index in [0.717, 1.165) is 0 Å². The Morgan fingerprint density at radius 2 is 2.07 bits per heavy atom. The minimum absolute atomic E-state index is 0.213. The quantitative estimate of drug-likeness (QED) is 0.809. The van der Waals surface area contributed by atoms with E-state index in [2.05, 4.69) is 4.98 Å². The van der Waals surface area contributed by atoms with Crippen molar-refractivity contribution in [1.29, 1.82) is 0 Å². The highest BCUT2D eigenvalue weighted by atomic mass is 32.2. The maximum atomic E-state index is 11.7. The van der Waals surface area contributed by atoms with E-state index in [0.29, 0.717) is 0 Å². The molecule has 1 aromatic heterocycles. The first kappa shape index (κ1) is 11.7. The Labute approximate surface area is 87.5 Å². The molecule has 7 heteroatoms. The van der Waals surface area contributed by atoms with Gasteiger partial charge in [-0.3, -0.25) is 0 Å². The molecule has 0 aromatic carbocycles. The zero-order valence-corrected chi connectivity index (χ0v) is 9.45. The number of carbonyl (C=O) groups is 1. The third kappa shape index (κ3) is 2.01. The van der Waals surface area contributed by atoms with Gasteiger partial charge in [-0.05, 0) is 13.8 Å². The summed E-state index contributed by atoms with van der Waals surface area (Å²) in [6.45, 7) is 3.04. The summed E-state index contributed by atoms with van der Waals surface area (Å²) in [5, 5.41) is 7.82. The molecule has 84 valence electrons. The summed E-state index contributed by atoms with van der Waals surface area (Å²) in [5.74, 6) is -1.24. The first-order chi connectivity index (χ1) is 6.76. The van der Waals surface area contributed by atoms with Crippen molar-refractivity contribution >= 4 is 15.8 Å². The van der Waals surface area contributed by atoms with Gasteiger partial charge in [0.15, 0.2) is 5.69 Å². The minimum atomic E-state index is -3.53. The molecule has 0 saturated heterocycles. The van der Waals surface area contributed by atoms with E-state index in [-0.39, 0.29) is 10.9 Å². The molecule has 0 saturated carbocycles. The van der Waals surface area contributed by atoms with Gasteiger partial charge in [0.25, 0.3) is 0 Å². The molecule has 1 N–H and O–H groups in total. The fraction of sp³-hybridized carbons (Fsp3) is 0.500. The van der Waals surface area contributed by atoms with E-state index in [9.17, 15) is 13.2 Å². The van der Waals surface area contributed by atoms with Crippen molar-refractivity contribution in [2.24, 2.45) is 7.05 Å². The van der Waals surface area contributed by atoms with Crippen LogP contribution in [0.15, 0.2) is 11.4 Å². The summed E-state index contributed by atoms with van der Waals surface area (Å²) in [6, 6.07) is 0. The van der Waals surface area contributed by atoms with E-state index >= 15 is 0 Å². The minimum Gasteiger partial charge on any atom is -0.476 e. The number of nitrogens with zero attached hydrogens (tertiary/aromatic N) is 2. The molecule has 1 heterocycles. The van der Waals surface area contributed by atoms with Crippen LogP contribution in [0.1, 0.15) is 24.3 Å². The molecule has 0 fully saturated rings. The van der Waals surface area contributed by atoms with Crippen LogP contribution < -0.4 is 0 Å². The normalized spacial score (nSPS) is 12.0. The second-order valence-corrected chi connectivity index (χ2v) is 5.82. The van der Waals surface area contributed by atoms with Crippen LogP contribution in [0.3, 0.4) is 0 Å². The summed E-state index contributed by atoms with van der Waals surface area (Å²) in [4.78, 5) is 14.2. The van der Waals surface area contributed by atoms with Gasteiger partial charge >= 0.3 is 5.97 Å². The SMILES string of the molecule is CC(C)S(=O)(=O)c1nc(C(=O)O)cn1C. The highest BCUT2D eigenvalue weighted by Gasteiger charge is 2.26. The van der Waals surface area contributed by atoms with Gasteiger partial charge in [0.1, 0.15) is 0 Å². The van der Waals surface area contributed by atoms with Crippen LogP contribution in [0, 0.1) is 0 Å². The van der Waals surface area contributed by atoms with Gasteiger partial charge in [-0.2, -0.15) is 0 Å². The van der Waals surface area contributed by atoms with Crippen LogP contribution in [-0.4, -0.2) is 34.3 Å². The fourth-order valence-corrected chi connectivity index (χ4v) is 2.13. The molecule has 0 aliphatic heterocycles. The molecule has 1 rings (SSSR count). The molecule has 0 spiro atoms. The van der Waals surface area contributed by atoms with E-state index in [1.807, 2.05) is 0 Å². The molecule has 0 radical (unpaired) electrons. The molecule has 15 heavy (non-hydrogen) atoms. The Hall–Kier alpha value is -1.37. The number of hydrogen-bond donors (Lipinski definition) is 1. The predicted octanol–water partition coefficient (Wildman–Crippen LogP) is 0.300. The van der Waals surface area contributed by atoms with Gasteiger partial charge in [0.2, 0.25) is 15.0 Å². The van der Waals surface area contributed by atoms with Gasteiger partial charge in [-0.15, -0.1) is 0 Å². The lowest BCUT2D eigenvalue weighted by Gasteiger charge is -2.05. The number of aryl methyl sites for hydroxylation is 1. The first-order valence-electron chi connectivity index (χ1n) is 4.27. The van der Waals surface area contributed by atoms with Crippen molar-refractivity contribution in [3.63, 3.8) is 0 Å². The van der Waals surface area contributed by atoms with Crippen molar-refractivity contribution < 1.29 is 18.3 Å². The number of imidazole rings is 1. The van der Waals surface area contributed by atoms with Crippen LogP contribution in [0.2, 0.25) is 0 Å². The number of rotatable bonds is 3. The molecule has 1 aromatic rings. The maximum absolute atomic E-state index is 11.7. The van der Waals surface area contributed by atoms with Gasteiger partial charge in [0, 0.05) is 13.2 Å². The van der Waals surface area contributed by atoms with Crippen LogP contribution in [0.4, 0.5) is 0 Å². The van der Waals surface area contributed by atoms with E-state index < -0.39 is 21.1 Å². The maximum Gasteiger partial charge on any atom is 0.356 e. The fourth-order valence-electron chi connectivity index (χ4n) is 1.03. The average molecular weight is 232 g/mol. The summed E-state index contributed by atoms with van der Waals surface area (Å²) < 4.78 is 24.6. The Morgan fingerprint density at radius 3 is 2.40 bits per heavy atom. The highest BCUT2D eigenvalue weighted by molar-refractivity contribution is 7.91. The van der Waals surface area contributed by atoms with Crippen LogP contribution in [0.25, 0.3) is 0 Å². The zero-order chi connectivity index (χ0) is 11.8. The highest BCUT2D eigenvalue weighted by Crippen LogP contribution is 2.14. The number of carboxylic acid groups (broad SMARTS) is 1. The van der Waals surface area contributed by atoms with E-state index in [1.165, 1.54) is 31.7 Å². The average Bonchev–Trinajstić information content (AvgIpc) is 2.47. The molecule has 0 amide bonds. The number of sulfone groups is 1. The monoisotopic (exact) mass is 232 g/mol. The second-order valence-electron chi connectivity index (χ2n) is 3.42. The summed E-state index contributed by atoms with van der Waals surface area (Å²) in [7, 11) is -2.08. The third-order valence-corrected chi connectivity index (χ3v) is 4.06. The van der Waals surface area contributed by atoms with Gasteiger partial charge in [-0.1, -0.05) is 0 Å². The molecule has 6 nitrogen and oxygen atoms in total. The standard InChI is InChI=1S/C8H12N2O4S/c1-5(2)15(13,14)8-9-6(7(11)12)4-10(8)3/h4-5H,1-3H3,(H,11,12). The lowest BCUT2D eigenvalue weighted by molar-refractivity contribution is 0.0690. The summed E-state index contributed by atoms with van der Waals surface area (Å²) >= 11 is 0. The van der Waals surface area contributed by atoms with Crippen molar-refractivity contribution in [3.05, 3.63) is 11.9 Å². The first-order valence-corrected chi connectivity index (χ1v) is 5.82. The molecular weight excluding hydrogens is 220 g/mol. The topological polar surface area (TPSA) is 89.3 Å². The molecule has 0 aliphatic carbocycles. The molecular formula is C8H12N2O4S. The van der Waals surface area contributed by atoms with Gasteiger partial charge in [0.05, 0.1) is 5.25 Å². The summed E-state index contributed by atoms with van der Waals surface area (Å²) in [6.07, 6.45) is 1.18. The lowest BCUT2D eigenvalue weighted by Crippen LogP contribution is -2.18. The Balaban J connectivity index is 3.34. The third-order valence-electron chi connectivity index (χ3n) is 1.93. The molecule has 0 atom stereocenters. The molecule has 0 unspecified atom stereocenters. The Kier molecular flexibility index (Phi) is 2.85. The molecule has 0 bridgehead atoms. The van der Waals surface area contributed by atoms with Crippen molar-refractivity contribution in [2.75, 3.05) is 0 Å². The Morgan fingerprint density at radius 1 is 1.53 bits per heavy atom. The van der Waals surface area contributed by atoms with E-state index in [1.54, 1.807) is 0 Å². The number of aromatic carboxylic acids is 1. The second kappa shape index (κ2) is 3.65. The van der Waals surface area contributed by atoms with Crippen LogP contribution in [-0.2, 0) is 16.9 Å².